The molecule has 0 saturated heterocycles. The zero-order valence-corrected chi connectivity index (χ0v) is 9.36. The maximum Gasteiger partial charge on any atom is 0.182 e. The molecule has 0 aliphatic heterocycles. The molecule has 0 aliphatic carbocycles. The highest BCUT2D eigenvalue weighted by Crippen LogP contribution is 2.20. The molecule has 15 heavy (non-hydrogen) atoms. The Hall–Kier alpha value is -1.42. The Bertz CT molecular complexity index is 534. The number of aromatic nitrogens is 2. The Morgan fingerprint density at radius 3 is 2.60 bits per heavy atom. The molecule has 1 N–H and O–H groups in total. The van der Waals surface area contributed by atoms with Crippen molar-refractivity contribution in [2.24, 2.45) is 0 Å². The van der Waals surface area contributed by atoms with Crippen LogP contribution in [0.1, 0.15) is 11.3 Å². The fourth-order valence-corrected chi connectivity index (χ4v) is 1.93. The summed E-state index contributed by atoms with van der Waals surface area (Å²) in [6, 6.07) is 5.00. The molecule has 4 heteroatoms. The third kappa shape index (κ3) is 1.61. The van der Waals surface area contributed by atoms with Crippen LogP contribution in [-0.2, 0) is 0 Å². The van der Waals surface area contributed by atoms with Gasteiger partial charge in [-0.3, -0.25) is 4.57 Å². The number of rotatable bonds is 1. The normalized spacial score (nSPS) is 10.6. The van der Waals surface area contributed by atoms with Crippen molar-refractivity contribution in [2.45, 2.75) is 13.8 Å². The van der Waals surface area contributed by atoms with E-state index in [1.165, 1.54) is 6.07 Å². The van der Waals surface area contributed by atoms with Gasteiger partial charge in [0.05, 0.1) is 5.69 Å². The van der Waals surface area contributed by atoms with Gasteiger partial charge >= 0.3 is 0 Å². The first-order valence-electron chi connectivity index (χ1n) is 4.64. The number of para-hydroxylation sites is 1. The first-order valence-corrected chi connectivity index (χ1v) is 5.04. The van der Waals surface area contributed by atoms with Gasteiger partial charge in [0.15, 0.2) is 4.77 Å². The molecule has 0 amide bonds. The van der Waals surface area contributed by atoms with Crippen LogP contribution >= 0.6 is 12.2 Å². The molecule has 0 saturated carbocycles. The van der Waals surface area contributed by atoms with Crippen molar-refractivity contribution in [2.75, 3.05) is 0 Å². The molecule has 0 bridgehead atoms. The fourth-order valence-electron chi connectivity index (χ4n) is 1.64. The minimum Gasteiger partial charge on any atom is -0.337 e. The largest absolute Gasteiger partial charge is 0.337 e. The average molecular weight is 222 g/mol. The second-order valence-electron chi connectivity index (χ2n) is 3.48. The lowest BCUT2D eigenvalue weighted by atomic mass is 10.2. The maximum atomic E-state index is 13.7. The second kappa shape index (κ2) is 3.62. The van der Waals surface area contributed by atoms with Gasteiger partial charge in [0.1, 0.15) is 5.82 Å². The molecule has 78 valence electrons. The molecule has 1 heterocycles. The summed E-state index contributed by atoms with van der Waals surface area (Å²) < 4.78 is 15.9. The Morgan fingerprint density at radius 1 is 1.33 bits per heavy atom. The Morgan fingerprint density at radius 2 is 2.07 bits per heavy atom. The number of imidazole rings is 1. The number of H-pyrrole nitrogens is 1. The van der Waals surface area contributed by atoms with E-state index in [1.807, 2.05) is 19.9 Å². The predicted molar refractivity (Wildman–Crippen MR) is 60.4 cm³/mol. The number of nitrogens with zero attached hydrogens (tertiary/aromatic N) is 1. The van der Waals surface area contributed by atoms with E-state index < -0.39 is 0 Å². The van der Waals surface area contributed by atoms with E-state index in [9.17, 15) is 4.39 Å². The number of nitrogens with one attached hydrogen (secondary N) is 1. The molecule has 1 aromatic heterocycles. The minimum absolute atomic E-state index is 0.256. The van der Waals surface area contributed by atoms with Crippen LogP contribution in [0, 0.1) is 24.4 Å². The summed E-state index contributed by atoms with van der Waals surface area (Å²) in [6.07, 6.45) is 1.77. The lowest BCUT2D eigenvalue weighted by Gasteiger charge is -2.09. The number of halogens is 1. The molecule has 0 atom stereocenters. The van der Waals surface area contributed by atoms with Crippen LogP contribution in [0.3, 0.4) is 0 Å². The van der Waals surface area contributed by atoms with Crippen molar-refractivity contribution in [3.8, 4) is 5.69 Å². The molecule has 0 spiro atoms. The van der Waals surface area contributed by atoms with Crippen LogP contribution in [0.4, 0.5) is 4.39 Å². The average Bonchev–Trinajstić information content (AvgIpc) is 2.49. The lowest BCUT2D eigenvalue weighted by Crippen LogP contribution is -2.02. The molecule has 0 radical (unpaired) electrons. The standard InChI is InChI=1S/C11H11FN2S/c1-7-4-3-5-9(12)10(7)14-8(2)6-13-11(14)15/h3-6H,1-2H3,(H,13,15). The minimum atomic E-state index is -0.256. The third-order valence-corrected chi connectivity index (χ3v) is 2.67. The number of hydrogen-bond donors (Lipinski definition) is 1. The highest BCUT2D eigenvalue weighted by Gasteiger charge is 2.10. The fraction of sp³-hybridized carbons (Fsp3) is 0.182. The van der Waals surface area contributed by atoms with Gasteiger partial charge in [0.25, 0.3) is 0 Å². The highest BCUT2D eigenvalue weighted by molar-refractivity contribution is 7.71. The van der Waals surface area contributed by atoms with Crippen molar-refractivity contribution in [3.05, 3.63) is 46.2 Å². The predicted octanol–water partition coefficient (Wildman–Crippen LogP) is 3.29. The van der Waals surface area contributed by atoms with Crippen molar-refractivity contribution < 1.29 is 4.39 Å². The van der Waals surface area contributed by atoms with Gasteiger partial charge < -0.3 is 4.98 Å². The number of benzene rings is 1. The SMILES string of the molecule is Cc1cccc(F)c1-n1c(C)c[nH]c1=S. The summed E-state index contributed by atoms with van der Waals surface area (Å²) in [4.78, 5) is 2.90. The van der Waals surface area contributed by atoms with Crippen molar-refractivity contribution >= 4 is 12.2 Å². The zero-order valence-electron chi connectivity index (χ0n) is 8.54. The zero-order chi connectivity index (χ0) is 11.0. The topological polar surface area (TPSA) is 20.7 Å². The first-order chi connectivity index (χ1) is 7.11. The summed E-state index contributed by atoms with van der Waals surface area (Å²) >= 11 is 5.11. The van der Waals surface area contributed by atoms with Gasteiger partial charge in [0, 0.05) is 11.9 Å². The van der Waals surface area contributed by atoms with Gasteiger partial charge in [-0.15, -0.1) is 0 Å². The van der Waals surface area contributed by atoms with Crippen molar-refractivity contribution in [3.63, 3.8) is 0 Å². The van der Waals surface area contributed by atoms with Crippen LogP contribution in [0.2, 0.25) is 0 Å². The van der Waals surface area contributed by atoms with Crippen LogP contribution in [-0.4, -0.2) is 9.55 Å². The second-order valence-corrected chi connectivity index (χ2v) is 3.86. The molecule has 0 fully saturated rings. The highest BCUT2D eigenvalue weighted by atomic mass is 32.1. The molecule has 2 rings (SSSR count). The molecular formula is C11H11FN2S. The quantitative estimate of drug-likeness (QED) is 0.734. The van der Waals surface area contributed by atoms with E-state index in [4.69, 9.17) is 12.2 Å². The van der Waals surface area contributed by atoms with Crippen molar-refractivity contribution in [1.82, 2.24) is 9.55 Å². The van der Waals surface area contributed by atoms with E-state index in [-0.39, 0.29) is 5.82 Å². The summed E-state index contributed by atoms with van der Waals surface area (Å²) in [7, 11) is 0. The number of aryl methyl sites for hydroxylation is 2. The van der Waals surface area contributed by atoms with Crippen LogP contribution in [0.15, 0.2) is 24.4 Å². The van der Waals surface area contributed by atoms with E-state index in [1.54, 1.807) is 16.8 Å². The van der Waals surface area contributed by atoms with E-state index in [0.717, 1.165) is 11.3 Å². The molecule has 2 nitrogen and oxygen atoms in total. The lowest BCUT2D eigenvalue weighted by molar-refractivity contribution is 0.614. The van der Waals surface area contributed by atoms with Gasteiger partial charge in [-0.05, 0) is 37.7 Å². The van der Waals surface area contributed by atoms with E-state index in [0.29, 0.717) is 10.5 Å². The molecular weight excluding hydrogens is 211 g/mol. The Balaban J connectivity index is 2.80. The third-order valence-electron chi connectivity index (χ3n) is 2.37. The van der Waals surface area contributed by atoms with Crippen LogP contribution in [0.25, 0.3) is 5.69 Å². The Kier molecular flexibility index (Phi) is 2.44. The van der Waals surface area contributed by atoms with Gasteiger partial charge in [0.2, 0.25) is 0 Å². The van der Waals surface area contributed by atoms with Crippen molar-refractivity contribution in [1.29, 1.82) is 0 Å². The van der Waals surface area contributed by atoms with Gasteiger partial charge in [-0.2, -0.15) is 0 Å². The summed E-state index contributed by atoms with van der Waals surface area (Å²) in [5.74, 6) is -0.256. The summed E-state index contributed by atoms with van der Waals surface area (Å²) in [5.41, 5.74) is 2.29. The first kappa shape index (κ1) is 10.1. The molecule has 2 aromatic rings. The number of aromatic amines is 1. The monoisotopic (exact) mass is 222 g/mol. The summed E-state index contributed by atoms with van der Waals surface area (Å²) in [5, 5.41) is 0. The molecule has 0 aliphatic rings. The molecule has 0 unspecified atom stereocenters. The summed E-state index contributed by atoms with van der Waals surface area (Å²) in [6.45, 7) is 3.75. The van der Waals surface area contributed by atoms with Gasteiger partial charge in [-0.1, -0.05) is 12.1 Å². The van der Waals surface area contributed by atoms with E-state index in [2.05, 4.69) is 4.98 Å². The maximum absolute atomic E-state index is 13.7. The molecule has 1 aromatic carbocycles. The van der Waals surface area contributed by atoms with E-state index >= 15 is 0 Å². The smallest absolute Gasteiger partial charge is 0.182 e. The Labute approximate surface area is 92.4 Å². The van der Waals surface area contributed by atoms with Crippen LogP contribution < -0.4 is 0 Å². The van der Waals surface area contributed by atoms with Gasteiger partial charge in [-0.25, -0.2) is 4.39 Å². The number of hydrogen-bond acceptors (Lipinski definition) is 1. The van der Waals surface area contributed by atoms with Crippen LogP contribution in [0.5, 0.6) is 0 Å².